The molecule has 2 atom stereocenters. The van der Waals surface area contributed by atoms with Crippen molar-refractivity contribution in [2.24, 2.45) is 0 Å². The van der Waals surface area contributed by atoms with Gasteiger partial charge in [-0.05, 0) is 49.3 Å². The molecule has 0 saturated carbocycles. The first-order valence-corrected chi connectivity index (χ1v) is 8.68. The van der Waals surface area contributed by atoms with Crippen LogP contribution in [-0.4, -0.2) is 49.4 Å². The average molecular weight is 362 g/mol. The zero-order valence-electron chi connectivity index (χ0n) is 14.5. The Hall–Kier alpha value is -2.35. The summed E-state index contributed by atoms with van der Waals surface area (Å²) in [4.78, 5) is 26.9. The zero-order valence-corrected chi connectivity index (χ0v) is 15.4. The van der Waals surface area contributed by atoms with Crippen LogP contribution in [0.15, 0.2) is 18.2 Å². The van der Waals surface area contributed by atoms with Crippen LogP contribution in [0, 0.1) is 0 Å². The molecule has 0 bridgehead atoms. The molecule has 1 aromatic carbocycles. The van der Waals surface area contributed by atoms with Crippen molar-refractivity contribution in [1.29, 1.82) is 0 Å². The van der Waals surface area contributed by atoms with Gasteiger partial charge in [0, 0.05) is 31.4 Å². The van der Waals surface area contributed by atoms with Gasteiger partial charge in [-0.1, -0.05) is 0 Å². The van der Waals surface area contributed by atoms with Gasteiger partial charge in [0.2, 0.25) is 5.91 Å². The topological polar surface area (TPSA) is 73.9 Å². The van der Waals surface area contributed by atoms with Gasteiger partial charge >= 0.3 is 6.09 Å². The predicted molar refractivity (Wildman–Crippen MR) is 100 cm³/mol. The van der Waals surface area contributed by atoms with Crippen LogP contribution in [0.3, 0.4) is 0 Å². The molecule has 2 aliphatic rings. The van der Waals surface area contributed by atoms with Crippen molar-refractivity contribution < 1.29 is 14.3 Å². The van der Waals surface area contributed by atoms with Gasteiger partial charge < -0.3 is 20.3 Å². The fraction of sp³-hybridized carbons (Fsp3) is 0.471. The SMILES string of the molecule is CNC(=S)N1c2ccc(N3C[C@H](CNC(C)=O)OC3=O)cc2CC1C. The number of anilines is 2. The summed E-state index contributed by atoms with van der Waals surface area (Å²) in [6.07, 6.45) is 0.143. The molecule has 1 saturated heterocycles. The second-order valence-electron chi connectivity index (χ2n) is 6.34. The van der Waals surface area contributed by atoms with E-state index in [4.69, 9.17) is 17.0 Å². The van der Waals surface area contributed by atoms with Crippen LogP contribution < -0.4 is 20.4 Å². The molecule has 1 unspecified atom stereocenters. The van der Waals surface area contributed by atoms with Crippen LogP contribution in [0.2, 0.25) is 0 Å². The third-order valence-electron chi connectivity index (χ3n) is 4.48. The standard InChI is InChI=1S/C17H22N4O3S/c1-10-6-12-7-13(4-5-15(12)21(10)16(25)18-3)20-9-14(24-17(20)23)8-19-11(2)22/h4-5,7,10,14H,6,8-9H2,1-3H3,(H,18,25)(H,19,22)/t10?,14-/m0/s1. The number of benzene rings is 1. The highest BCUT2D eigenvalue weighted by molar-refractivity contribution is 7.80. The lowest BCUT2D eigenvalue weighted by Crippen LogP contribution is -2.41. The number of nitrogens with zero attached hydrogens (tertiary/aromatic N) is 2. The first-order chi connectivity index (χ1) is 11.9. The average Bonchev–Trinajstić information content (AvgIpc) is 3.10. The monoisotopic (exact) mass is 362 g/mol. The van der Waals surface area contributed by atoms with Crippen LogP contribution in [0.25, 0.3) is 0 Å². The molecule has 7 nitrogen and oxygen atoms in total. The molecule has 1 fully saturated rings. The number of thiocarbonyl (C=S) groups is 1. The summed E-state index contributed by atoms with van der Waals surface area (Å²) >= 11 is 5.39. The molecule has 0 radical (unpaired) electrons. The minimum absolute atomic E-state index is 0.137. The molecule has 2 aliphatic heterocycles. The summed E-state index contributed by atoms with van der Waals surface area (Å²) < 4.78 is 5.33. The Morgan fingerprint density at radius 1 is 1.44 bits per heavy atom. The van der Waals surface area contributed by atoms with Crippen molar-refractivity contribution in [3.8, 4) is 0 Å². The Kier molecular flexibility index (Phi) is 4.80. The van der Waals surface area contributed by atoms with E-state index >= 15 is 0 Å². The number of carbonyl (C=O) groups is 2. The maximum absolute atomic E-state index is 12.2. The maximum Gasteiger partial charge on any atom is 0.414 e. The van der Waals surface area contributed by atoms with E-state index in [0.717, 1.165) is 23.4 Å². The number of carbonyl (C=O) groups excluding carboxylic acids is 2. The Labute approximate surface area is 152 Å². The molecule has 0 aliphatic carbocycles. The molecule has 2 heterocycles. The third-order valence-corrected chi connectivity index (χ3v) is 4.88. The van der Waals surface area contributed by atoms with E-state index in [1.54, 1.807) is 4.90 Å². The van der Waals surface area contributed by atoms with Gasteiger partial charge in [-0.25, -0.2) is 4.79 Å². The number of amides is 2. The Bertz CT molecular complexity index is 724. The summed E-state index contributed by atoms with van der Waals surface area (Å²) in [7, 11) is 1.82. The third kappa shape index (κ3) is 3.39. The van der Waals surface area contributed by atoms with Gasteiger partial charge in [0.15, 0.2) is 5.11 Å². The molecule has 0 aromatic heterocycles. The summed E-state index contributed by atoms with van der Waals surface area (Å²) in [5, 5.41) is 6.39. The summed E-state index contributed by atoms with van der Waals surface area (Å²) in [5.74, 6) is -0.137. The lowest BCUT2D eigenvalue weighted by molar-refractivity contribution is -0.119. The first-order valence-electron chi connectivity index (χ1n) is 8.27. The van der Waals surface area contributed by atoms with Gasteiger partial charge in [-0.3, -0.25) is 9.69 Å². The summed E-state index contributed by atoms with van der Waals surface area (Å²) in [6, 6.07) is 6.19. The molecule has 25 heavy (non-hydrogen) atoms. The lowest BCUT2D eigenvalue weighted by atomic mass is 10.1. The van der Waals surface area contributed by atoms with Crippen molar-refractivity contribution in [2.75, 3.05) is 29.9 Å². The second-order valence-corrected chi connectivity index (χ2v) is 6.73. The molecule has 134 valence electrons. The lowest BCUT2D eigenvalue weighted by Gasteiger charge is -2.25. The zero-order chi connectivity index (χ0) is 18.1. The first kappa shape index (κ1) is 17.5. The van der Waals surface area contributed by atoms with Crippen LogP contribution in [-0.2, 0) is 16.0 Å². The Morgan fingerprint density at radius 3 is 2.88 bits per heavy atom. The van der Waals surface area contributed by atoms with Crippen LogP contribution >= 0.6 is 12.2 Å². The number of hydrogen-bond acceptors (Lipinski definition) is 4. The minimum Gasteiger partial charge on any atom is -0.442 e. The fourth-order valence-electron chi connectivity index (χ4n) is 3.31. The molecule has 2 amide bonds. The van der Waals surface area contributed by atoms with E-state index in [1.165, 1.54) is 6.92 Å². The van der Waals surface area contributed by atoms with Crippen molar-refractivity contribution in [3.05, 3.63) is 23.8 Å². The predicted octanol–water partition coefficient (Wildman–Crippen LogP) is 1.40. The smallest absolute Gasteiger partial charge is 0.414 e. The summed E-state index contributed by atoms with van der Waals surface area (Å²) in [5.41, 5.74) is 3.03. The van der Waals surface area contributed by atoms with E-state index < -0.39 is 0 Å². The van der Waals surface area contributed by atoms with Crippen molar-refractivity contribution in [3.63, 3.8) is 0 Å². The van der Waals surface area contributed by atoms with Crippen molar-refractivity contribution in [2.45, 2.75) is 32.4 Å². The number of rotatable bonds is 3. The Balaban J connectivity index is 1.77. The number of ether oxygens (including phenoxy) is 1. The van der Waals surface area contributed by atoms with Crippen molar-refractivity contribution in [1.82, 2.24) is 10.6 Å². The molecule has 1 aromatic rings. The van der Waals surface area contributed by atoms with Gasteiger partial charge in [0.25, 0.3) is 0 Å². The quantitative estimate of drug-likeness (QED) is 0.792. The molecule has 2 N–H and O–H groups in total. The van der Waals surface area contributed by atoms with Gasteiger partial charge in [-0.15, -0.1) is 0 Å². The normalized spacial score (nSPS) is 21.8. The van der Waals surface area contributed by atoms with Crippen LogP contribution in [0.4, 0.5) is 16.2 Å². The fourth-order valence-corrected chi connectivity index (χ4v) is 3.59. The van der Waals surface area contributed by atoms with E-state index in [1.807, 2.05) is 25.2 Å². The highest BCUT2D eigenvalue weighted by Gasteiger charge is 2.34. The van der Waals surface area contributed by atoms with Gasteiger partial charge in [0.05, 0.1) is 13.1 Å². The highest BCUT2D eigenvalue weighted by atomic mass is 32.1. The molecule has 0 spiro atoms. The van der Waals surface area contributed by atoms with Crippen LogP contribution in [0.1, 0.15) is 19.4 Å². The second kappa shape index (κ2) is 6.87. The molecule has 3 rings (SSSR count). The van der Waals surface area contributed by atoms with Crippen LogP contribution in [0.5, 0.6) is 0 Å². The minimum atomic E-state index is -0.385. The number of hydrogen-bond donors (Lipinski definition) is 2. The highest BCUT2D eigenvalue weighted by Crippen LogP contribution is 2.36. The molecular formula is C17H22N4O3S. The summed E-state index contributed by atoms with van der Waals surface area (Å²) in [6.45, 7) is 4.31. The van der Waals surface area contributed by atoms with Gasteiger partial charge in [-0.2, -0.15) is 0 Å². The van der Waals surface area contributed by atoms with Crippen molar-refractivity contribution >= 4 is 40.7 Å². The number of fused-ring (bicyclic) bond motifs is 1. The van der Waals surface area contributed by atoms with E-state index in [-0.39, 0.29) is 24.1 Å². The number of nitrogens with one attached hydrogen (secondary N) is 2. The Morgan fingerprint density at radius 2 is 2.20 bits per heavy atom. The molecular weight excluding hydrogens is 340 g/mol. The number of cyclic esters (lactones) is 1. The van der Waals surface area contributed by atoms with Gasteiger partial charge in [0.1, 0.15) is 6.10 Å². The van der Waals surface area contributed by atoms with E-state index in [0.29, 0.717) is 18.2 Å². The van der Waals surface area contributed by atoms with E-state index in [2.05, 4.69) is 22.5 Å². The molecule has 8 heteroatoms. The van der Waals surface area contributed by atoms with E-state index in [9.17, 15) is 9.59 Å². The largest absolute Gasteiger partial charge is 0.442 e. The maximum atomic E-state index is 12.2.